The molecule has 2 aromatic heterocycles. The van der Waals surface area contributed by atoms with Crippen LogP contribution in [0.1, 0.15) is 31.0 Å². The summed E-state index contributed by atoms with van der Waals surface area (Å²) in [5, 5.41) is 0. The number of nitrogens with zero attached hydrogens (tertiary/aromatic N) is 3. The number of hydrogen-bond donors (Lipinski definition) is 0. The molecule has 5 heteroatoms. The van der Waals surface area contributed by atoms with Crippen molar-refractivity contribution in [2.45, 2.75) is 30.2 Å². The third kappa shape index (κ3) is 3.35. The van der Waals surface area contributed by atoms with Crippen LogP contribution in [0.25, 0.3) is 0 Å². The van der Waals surface area contributed by atoms with Crippen molar-refractivity contribution >= 4 is 17.7 Å². The van der Waals surface area contributed by atoms with Crippen molar-refractivity contribution in [3.05, 3.63) is 48.5 Å². The molecule has 2 aromatic rings. The van der Waals surface area contributed by atoms with Crippen LogP contribution in [0.5, 0.6) is 0 Å². The maximum atomic E-state index is 12.7. The highest BCUT2D eigenvalue weighted by Gasteiger charge is 2.29. The van der Waals surface area contributed by atoms with Gasteiger partial charge >= 0.3 is 0 Å². The van der Waals surface area contributed by atoms with Crippen LogP contribution in [0.2, 0.25) is 0 Å². The number of hydrogen-bond acceptors (Lipinski definition) is 3. The van der Waals surface area contributed by atoms with Crippen molar-refractivity contribution in [3.8, 4) is 0 Å². The van der Waals surface area contributed by atoms with Gasteiger partial charge in [0, 0.05) is 42.8 Å². The molecule has 0 aromatic carbocycles. The number of carbonyl (C=O) groups is 1. The number of carbonyl (C=O) groups excluding carboxylic acids is 1. The number of thioether (sulfide) groups is 1. The lowest BCUT2D eigenvalue weighted by Gasteiger charge is -2.36. The number of aromatic nitrogens is 2. The van der Waals surface area contributed by atoms with E-state index in [2.05, 4.69) is 39.8 Å². The van der Waals surface area contributed by atoms with Gasteiger partial charge in [-0.15, -0.1) is 11.8 Å². The minimum absolute atomic E-state index is 0.222. The Kier molecular flexibility index (Phi) is 4.83. The standard InChI is InChI=1S/C17H21N3OS/c1-19-11-4-6-15(19)16-5-2-3-12-20(16)17(21)13-22-14-7-9-18-10-8-14/h4,6-11,16H,2-3,5,12-13H2,1H3/t16-/m1/s1. The summed E-state index contributed by atoms with van der Waals surface area (Å²) in [6.07, 6.45) is 8.94. The van der Waals surface area contributed by atoms with E-state index in [0.717, 1.165) is 24.3 Å². The van der Waals surface area contributed by atoms with Gasteiger partial charge in [0.05, 0.1) is 11.8 Å². The van der Waals surface area contributed by atoms with Crippen molar-refractivity contribution < 1.29 is 4.79 Å². The summed E-state index contributed by atoms with van der Waals surface area (Å²) in [4.78, 5) is 19.8. The summed E-state index contributed by atoms with van der Waals surface area (Å²) in [6, 6.07) is 8.30. The molecule has 0 radical (unpaired) electrons. The zero-order chi connectivity index (χ0) is 15.4. The topological polar surface area (TPSA) is 38.1 Å². The number of piperidine rings is 1. The summed E-state index contributed by atoms with van der Waals surface area (Å²) in [5.74, 6) is 0.720. The second-order valence-electron chi connectivity index (χ2n) is 5.61. The van der Waals surface area contributed by atoms with Crippen LogP contribution in [-0.2, 0) is 11.8 Å². The molecule has 0 aliphatic carbocycles. The Morgan fingerprint density at radius 2 is 2.14 bits per heavy atom. The zero-order valence-electron chi connectivity index (χ0n) is 12.8. The van der Waals surface area contributed by atoms with Gasteiger partial charge in [-0.2, -0.15) is 0 Å². The minimum atomic E-state index is 0.222. The molecule has 1 atom stereocenters. The maximum Gasteiger partial charge on any atom is 0.233 e. The first kappa shape index (κ1) is 15.2. The maximum absolute atomic E-state index is 12.7. The molecule has 116 valence electrons. The van der Waals surface area contributed by atoms with Gasteiger partial charge in [0.2, 0.25) is 5.91 Å². The summed E-state index contributed by atoms with van der Waals surface area (Å²) >= 11 is 1.59. The van der Waals surface area contributed by atoms with Crippen molar-refractivity contribution in [1.29, 1.82) is 0 Å². The van der Waals surface area contributed by atoms with Gasteiger partial charge in [0.15, 0.2) is 0 Å². The summed E-state index contributed by atoms with van der Waals surface area (Å²) in [7, 11) is 2.05. The fraction of sp³-hybridized carbons (Fsp3) is 0.412. The highest BCUT2D eigenvalue weighted by atomic mass is 32.2. The van der Waals surface area contributed by atoms with Crippen LogP contribution >= 0.6 is 11.8 Å². The van der Waals surface area contributed by atoms with Gasteiger partial charge in [0.25, 0.3) is 0 Å². The van der Waals surface area contributed by atoms with Crippen LogP contribution in [0, 0.1) is 0 Å². The fourth-order valence-electron chi connectivity index (χ4n) is 3.02. The van der Waals surface area contributed by atoms with Gasteiger partial charge in [0.1, 0.15) is 0 Å². The first-order valence-electron chi connectivity index (χ1n) is 7.69. The molecule has 1 aliphatic heterocycles. The average molecular weight is 315 g/mol. The molecule has 22 heavy (non-hydrogen) atoms. The quantitative estimate of drug-likeness (QED) is 0.813. The van der Waals surface area contributed by atoms with Crippen LogP contribution in [0.15, 0.2) is 47.8 Å². The Labute approximate surface area is 135 Å². The molecule has 0 saturated carbocycles. The molecule has 0 N–H and O–H groups in total. The second kappa shape index (κ2) is 7.01. The average Bonchev–Trinajstić information content (AvgIpc) is 2.99. The van der Waals surface area contributed by atoms with Crippen LogP contribution in [-0.4, -0.2) is 32.7 Å². The van der Waals surface area contributed by atoms with Crippen LogP contribution in [0.3, 0.4) is 0 Å². The molecule has 3 heterocycles. The number of amides is 1. The van der Waals surface area contributed by atoms with Crippen molar-refractivity contribution in [1.82, 2.24) is 14.5 Å². The van der Waals surface area contributed by atoms with E-state index < -0.39 is 0 Å². The van der Waals surface area contributed by atoms with E-state index in [1.54, 1.807) is 24.2 Å². The summed E-state index contributed by atoms with van der Waals surface area (Å²) < 4.78 is 2.13. The number of pyridine rings is 1. The largest absolute Gasteiger partial charge is 0.353 e. The molecular formula is C17H21N3OS. The van der Waals surface area contributed by atoms with Gasteiger partial charge in [-0.1, -0.05) is 0 Å². The van der Waals surface area contributed by atoms with Gasteiger partial charge in [-0.05, 0) is 43.5 Å². The van der Waals surface area contributed by atoms with Gasteiger partial charge in [-0.25, -0.2) is 0 Å². The first-order chi connectivity index (χ1) is 10.8. The monoisotopic (exact) mass is 315 g/mol. The normalized spacial score (nSPS) is 18.4. The third-order valence-electron chi connectivity index (χ3n) is 4.16. The lowest BCUT2D eigenvalue weighted by molar-refractivity contribution is -0.132. The second-order valence-corrected chi connectivity index (χ2v) is 6.66. The Morgan fingerprint density at radius 3 is 2.86 bits per heavy atom. The van der Waals surface area contributed by atoms with E-state index >= 15 is 0 Å². The molecular weight excluding hydrogens is 294 g/mol. The number of rotatable bonds is 4. The lowest BCUT2D eigenvalue weighted by atomic mass is 9.99. The summed E-state index contributed by atoms with van der Waals surface area (Å²) in [6.45, 7) is 0.867. The van der Waals surface area contributed by atoms with E-state index in [9.17, 15) is 4.79 Å². The Morgan fingerprint density at radius 1 is 1.32 bits per heavy atom. The van der Waals surface area contributed by atoms with Crippen LogP contribution in [0.4, 0.5) is 0 Å². The smallest absolute Gasteiger partial charge is 0.233 e. The van der Waals surface area contributed by atoms with E-state index in [0.29, 0.717) is 5.75 Å². The van der Waals surface area contributed by atoms with Crippen molar-refractivity contribution in [2.24, 2.45) is 7.05 Å². The highest BCUT2D eigenvalue weighted by Crippen LogP contribution is 2.31. The molecule has 0 bridgehead atoms. The molecule has 0 spiro atoms. The van der Waals surface area contributed by atoms with Crippen molar-refractivity contribution in [3.63, 3.8) is 0 Å². The predicted octanol–water partition coefficient (Wildman–Crippen LogP) is 3.27. The van der Waals surface area contributed by atoms with Crippen LogP contribution < -0.4 is 0 Å². The molecule has 0 unspecified atom stereocenters. The van der Waals surface area contributed by atoms with Crippen molar-refractivity contribution in [2.75, 3.05) is 12.3 Å². The number of aryl methyl sites for hydroxylation is 1. The molecule has 1 aliphatic rings. The Balaban J connectivity index is 1.68. The molecule has 1 amide bonds. The SMILES string of the molecule is Cn1cccc1[C@H]1CCCCN1C(=O)CSc1ccncc1. The highest BCUT2D eigenvalue weighted by molar-refractivity contribution is 8.00. The first-order valence-corrected chi connectivity index (χ1v) is 8.68. The molecule has 1 saturated heterocycles. The number of likely N-dealkylation sites (tertiary alicyclic amines) is 1. The lowest BCUT2D eigenvalue weighted by Crippen LogP contribution is -2.40. The van der Waals surface area contributed by atoms with E-state index in [4.69, 9.17) is 0 Å². The molecule has 1 fully saturated rings. The Hall–Kier alpha value is -1.75. The predicted molar refractivity (Wildman–Crippen MR) is 88.7 cm³/mol. The third-order valence-corrected chi connectivity index (χ3v) is 5.16. The summed E-state index contributed by atoms with van der Waals surface area (Å²) in [5.41, 5.74) is 1.24. The molecule has 3 rings (SSSR count). The van der Waals surface area contributed by atoms with Gasteiger partial charge in [-0.3, -0.25) is 9.78 Å². The Bertz CT molecular complexity index is 626. The zero-order valence-corrected chi connectivity index (χ0v) is 13.6. The van der Waals surface area contributed by atoms with Gasteiger partial charge < -0.3 is 9.47 Å². The minimum Gasteiger partial charge on any atom is -0.353 e. The molecule has 4 nitrogen and oxygen atoms in total. The van der Waals surface area contributed by atoms with E-state index in [1.807, 2.05) is 12.1 Å². The van der Waals surface area contributed by atoms with E-state index in [1.165, 1.54) is 12.1 Å². The van der Waals surface area contributed by atoms with E-state index in [-0.39, 0.29) is 11.9 Å². The fourth-order valence-corrected chi connectivity index (χ4v) is 3.79.